The molecule has 0 bridgehead atoms. The monoisotopic (exact) mass is 181 g/mol. The highest BCUT2D eigenvalue weighted by atomic mass is 16.2. The Hall–Kier alpha value is -0.860. The van der Waals surface area contributed by atoms with Gasteiger partial charge in [0.25, 0.3) is 0 Å². The third-order valence-electron chi connectivity index (χ3n) is 1.97. The standard InChI is InChI=1S/C10H15N.CH4O/c1-9(7-8-11)10-5-3-2-4-6-10;1-2/h2-6,9H,7-8,11H2,1H3;2H,1H3. The van der Waals surface area contributed by atoms with Gasteiger partial charge in [-0.1, -0.05) is 37.3 Å². The zero-order chi connectivity index (χ0) is 10.1. The summed E-state index contributed by atoms with van der Waals surface area (Å²) in [5, 5.41) is 7.00. The Bertz CT molecular complexity index is 199. The predicted molar refractivity (Wildman–Crippen MR) is 56.7 cm³/mol. The van der Waals surface area contributed by atoms with Crippen molar-refractivity contribution >= 4 is 0 Å². The molecule has 1 atom stereocenters. The van der Waals surface area contributed by atoms with Gasteiger partial charge in [-0.2, -0.15) is 0 Å². The molecule has 0 heterocycles. The van der Waals surface area contributed by atoms with E-state index >= 15 is 0 Å². The molecular weight excluding hydrogens is 162 g/mol. The summed E-state index contributed by atoms with van der Waals surface area (Å²) in [5.74, 6) is 0.598. The Labute approximate surface area is 80.4 Å². The third kappa shape index (κ3) is 4.65. The fraction of sp³-hybridized carbons (Fsp3) is 0.455. The van der Waals surface area contributed by atoms with Gasteiger partial charge >= 0.3 is 0 Å². The maximum atomic E-state index is 7.00. The van der Waals surface area contributed by atoms with Gasteiger partial charge in [0.05, 0.1) is 0 Å². The minimum Gasteiger partial charge on any atom is -0.400 e. The molecule has 1 aromatic rings. The number of nitrogens with two attached hydrogens (primary N) is 1. The molecule has 2 nitrogen and oxygen atoms in total. The molecule has 0 aliphatic heterocycles. The molecule has 74 valence electrons. The van der Waals surface area contributed by atoms with Crippen LogP contribution in [0, 0.1) is 0 Å². The van der Waals surface area contributed by atoms with E-state index in [1.807, 2.05) is 6.07 Å². The van der Waals surface area contributed by atoms with Gasteiger partial charge in [0.1, 0.15) is 0 Å². The van der Waals surface area contributed by atoms with Crippen LogP contribution in [0.2, 0.25) is 0 Å². The van der Waals surface area contributed by atoms with Crippen LogP contribution in [0.4, 0.5) is 0 Å². The lowest BCUT2D eigenvalue weighted by atomic mass is 9.98. The van der Waals surface area contributed by atoms with Crippen LogP contribution in [0.15, 0.2) is 30.3 Å². The fourth-order valence-corrected chi connectivity index (χ4v) is 1.20. The van der Waals surface area contributed by atoms with E-state index in [0.29, 0.717) is 5.92 Å². The SMILES string of the molecule is CC(CCN)c1ccccc1.CO. The minimum atomic E-state index is 0.598. The Kier molecular flexibility index (Phi) is 7.26. The zero-order valence-electron chi connectivity index (χ0n) is 8.40. The first kappa shape index (κ1) is 12.1. The molecule has 0 saturated carbocycles. The lowest BCUT2D eigenvalue weighted by Crippen LogP contribution is -2.04. The summed E-state index contributed by atoms with van der Waals surface area (Å²) in [5.41, 5.74) is 6.85. The summed E-state index contributed by atoms with van der Waals surface area (Å²) < 4.78 is 0. The molecule has 1 rings (SSSR count). The molecule has 2 heteroatoms. The topological polar surface area (TPSA) is 46.2 Å². The van der Waals surface area contributed by atoms with E-state index in [1.54, 1.807) is 0 Å². The first-order valence-electron chi connectivity index (χ1n) is 4.54. The summed E-state index contributed by atoms with van der Waals surface area (Å²) in [4.78, 5) is 0. The van der Waals surface area contributed by atoms with E-state index in [9.17, 15) is 0 Å². The van der Waals surface area contributed by atoms with Gasteiger partial charge in [-0.3, -0.25) is 0 Å². The number of aliphatic hydroxyl groups excluding tert-OH is 1. The fourth-order valence-electron chi connectivity index (χ4n) is 1.20. The molecule has 13 heavy (non-hydrogen) atoms. The van der Waals surface area contributed by atoms with Gasteiger partial charge in [-0.05, 0) is 24.4 Å². The highest BCUT2D eigenvalue weighted by Gasteiger charge is 2.01. The maximum absolute atomic E-state index is 7.00. The molecule has 1 aromatic carbocycles. The Morgan fingerprint density at radius 3 is 2.23 bits per heavy atom. The molecular formula is C11H19NO. The first-order valence-corrected chi connectivity index (χ1v) is 4.54. The average Bonchev–Trinajstić information content (AvgIpc) is 2.23. The summed E-state index contributed by atoms with van der Waals surface area (Å²) >= 11 is 0. The second-order valence-electron chi connectivity index (χ2n) is 2.89. The summed E-state index contributed by atoms with van der Waals surface area (Å²) in [6.07, 6.45) is 1.07. The van der Waals surface area contributed by atoms with E-state index in [4.69, 9.17) is 10.8 Å². The summed E-state index contributed by atoms with van der Waals surface area (Å²) in [6, 6.07) is 10.5. The Morgan fingerprint density at radius 2 is 1.77 bits per heavy atom. The van der Waals surface area contributed by atoms with Gasteiger partial charge < -0.3 is 10.8 Å². The van der Waals surface area contributed by atoms with Gasteiger partial charge in [-0.15, -0.1) is 0 Å². The Balaban J connectivity index is 0.000000671. The van der Waals surface area contributed by atoms with Crippen molar-refractivity contribution in [2.75, 3.05) is 13.7 Å². The maximum Gasteiger partial charge on any atom is 0.0319 e. The number of hydrogen-bond donors (Lipinski definition) is 2. The molecule has 0 radical (unpaired) electrons. The van der Waals surface area contributed by atoms with Gasteiger partial charge in [0.15, 0.2) is 0 Å². The number of hydrogen-bond acceptors (Lipinski definition) is 2. The van der Waals surface area contributed by atoms with Crippen molar-refractivity contribution in [1.29, 1.82) is 0 Å². The van der Waals surface area contributed by atoms with E-state index in [1.165, 1.54) is 5.56 Å². The second-order valence-corrected chi connectivity index (χ2v) is 2.89. The Morgan fingerprint density at radius 1 is 1.23 bits per heavy atom. The lowest BCUT2D eigenvalue weighted by molar-refractivity contribution is 0.399. The van der Waals surface area contributed by atoms with Crippen LogP contribution >= 0.6 is 0 Å². The van der Waals surface area contributed by atoms with Gasteiger partial charge in [-0.25, -0.2) is 0 Å². The molecule has 0 saturated heterocycles. The van der Waals surface area contributed by atoms with Crippen LogP contribution in [0.5, 0.6) is 0 Å². The minimum absolute atomic E-state index is 0.598. The third-order valence-corrected chi connectivity index (χ3v) is 1.97. The van der Waals surface area contributed by atoms with Crippen molar-refractivity contribution in [1.82, 2.24) is 0 Å². The number of rotatable bonds is 3. The second kappa shape index (κ2) is 7.77. The highest BCUT2D eigenvalue weighted by molar-refractivity contribution is 5.18. The van der Waals surface area contributed by atoms with Crippen molar-refractivity contribution in [3.8, 4) is 0 Å². The molecule has 0 fully saturated rings. The molecule has 0 aromatic heterocycles. The van der Waals surface area contributed by atoms with Gasteiger partial charge in [0, 0.05) is 7.11 Å². The van der Waals surface area contributed by atoms with Crippen molar-refractivity contribution in [2.45, 2.75) is 19.3 Å². The highest BCUT2D eigenvalue weighted by Crippen LogP contribution is 2.16. The smallest absolute Gasteiger partial charge is 0.0319 e. The number of aliphatic hydroxyl groups is 1. The van der Waals surface area contributed by atoms with E-state index in [0.717, 1.165) is 20.1 Å². The van der Waals surface area contributed by atoms with Crippen LogP contribution < -0.4 is 5.73 Å². The van der Waals surface area contributed by atoms with E-state index < -0.39 is 0 Å². The molecule has 0 aliphatic rings. The van der Waals surface area contributed by atoms with Crippen molar-refractivity contribution in [2.24, 2.45) is 5.73 Å². The molecule has 0 amide bonds. The van der Waals surface area contributed by atoms with Crippen molar-refractivity contribution < 1.29 is 5.11 Å². The molecule has 0 aliphatic carbocycles. The van der Waals surface area contributed by atoms with Crippen LogP contribution in [0.25, 0.3) is 0 Å². The van der Waals surface area contributed by atoms with E-state index in [-0.39, 0.29) is 0 Å². The van der Waals surface area contributed by atoms with Crippen LogP contribution in [-0.2, 0) is 0 Å². The quantitative estimate of drug-likeness (QED) is 0.746. The number of benzene rings is 1. The summed E-state index contributed by atoms with van der Waals surface area (Å²) in [7, 11) is 1.00. The molecule has 0 spiro atoms. The van der Waals surface area contributed by atoms with Crippen molar-refractivity contribution in [3.05, 3.63) is 35.9 Å². The molecule has 3 N–H and O–H groups in total. The largest absolute Gasteiger partial charge is 0.400 e. The van der Waals surface area contributed by atoms with Crippen molar-refractivity contribution in [3.63, 3.8) is 0 Å². The van der Waals surface area contributed by atoms with Crippen LogP contribution in [-0.4, -0.2) is 18.8 Å². The average molecular weight is 181 g/mol. The van der Waals surface area contributed by atoms with Crippen LogP contribution in [0.1, 0.15) is 24.8 Å². The van der Waals surface area contributed by atoms with Crippen LogP contribution in [0.3, 0.4) is 0 Å². The first-order chi connectivity index (χ1) is 6.34. The normalized spacial score (nSPS) is 11.4. The predicted octanol–water partition coefficient (Wildman–Crippen LogP) is 1.75. The lowest BCUT2D eigenvalue weighted by Gasteiger charge is -2.08. The summed E-state index contributed by atoms with van der Waals surface area (Å²) in [6.45, 7) is 2.98. The molecule has 1 unspecified atom stereocenters. The van der Waals surface area contributed by atoms with Gasteiger partial charge in [0.2, 0.25) is 0 Å². The zero-order valence-corrected chi connectivity index (χ0v) is 8.40. The van der Waals surface area contributed by atoms with E-state index in [2.05, 4.69) is 31.2 Å².